The van der Waals surface area contributed by atoms with E-state index in [-0.39, 0.29) is 19.1 Å². The number of nitrogens with two attached hydrogens (primary N) is 1. The van der Waals surface area contributed by atoms with E-state index in [2.05, 4.69) is 0 Å². The number of amides is 1. The number of esters is 1. The Balaban J connectivity index is 2.95. The third kappa shape index (κ3) is 4.75. The largest absolute Gasteiger partial charge is 0.462 e. The van der Waals surface area contributed by atoms with Gasteiger partial charge in [0.05, 0.1) is 17.9 Å². The number of hydrogen-bond donors (Lipinski definition) is 1. The van der Waals surface area contributed by atoms with Crippen LogP contribution in [0, 0.1) is 0 Å². The van der Waals surface area contributed by atoms with Crippen molar-refractivity contribution in [1.82, 2.24) is 0 Å². The molecule has 0 aliphatic rings. The van der Waals surface area contributed by atoms with E-state index in [1.54, 1.807) is 32.2 Å². The molecule has 1 rings (SSSR count). The first-order valence-corrected chi connectivity index (χ1v) is 6.92. The van der Waals surface area contributed by atoms with Gasteiger partial charge in [-0.3, -0.25) is 4.79 Å². The molecule has 6 nitrogen and oxygen atoms in total. The van der Waals surface area contributed by atoms with Gasteiger partial charge in [0.1, 0.15) is 6.61 Å². The van der Waals surface area contributed by atoms with E-state index < -0.39 is 5.97 Å². The summed E-state index contributed by atoms with van der Waals surface area (Å²) in [6, 6.07) is 4.73. The fraction of sp³-hybridized carbons (Fsp3) is 0.467. The molecule has 6 heteroatoms. The molecule has 0 saturated carbocycles. The summed E-state index contributed by atoms with van der Waals surface area (Å²) in [7, 11) is 1.58. The molecule has 0 unspecified atom stereocenters. The van der Waals surface area contributed by atoms with Crippen LogP contribution in [0.5, 0.6) is 0 Å². The van der Waals surface area contributed by atoms with Crippen molar-refractivity contribution in [1.29, 1.82) is 0 Å². The third-order valence-electron chi connectivity index (χ3n) is 2.83. The number of ether oxygens (including phenoxy) is 2. The minimum Gasteiger partial charge on any atom is -0.462 e. The van der Waals surface area contributed by atoms with E-state index in [4.69, 9.17) is 15.2 Å². The highest BCUT2D eigenvalue weighted by Crippen LogP contribution is 2.24. The number of carbonyl (C=O) groups is 2. The van der Waals surface area contributed by atoms with Gasteiger partial charge in [-0.2, -0.15) is 0 Å². The second-order valence-corrected chi connectivity index (χ2v) is 4.50. The number of benzene rings is 1. The minimum absolute atomic E-state index is 0.0403. The molecule has 0 aliphatic carbocycles. The molecule has 1 amide bonds. The summed E-state index contributed by atoms with van der Waals surface area (Å²) in [6.07, 6.45) is 0.837. The van der Waals surface area contributed by atoms with Crippen LogP contribution in [-0.4, -0.2) is 38.7 Å². The molecule has 0 saturated heterocycles. The maximum absolute atomic E-state index is 12.1. The molecule has 0 atom stereocenters. The molecule has 1 aromatic rings. The summed E-state index contributed by atoms with van der Waals surface area (Å²) >= 11 is 0. The van der Waals surface area contributed by atoms with Crippen LogP contribution in [0.4, 0.5) is 11.4 Å². The minimum atomic E-state index is -0.485. The third-order valence-corrected chi connectivity index (χ3v) is 2.83. The van der Waals surface area contributed by atoms with Gasteiger partial charge in [-0.15, -0.1) is 0 Å². The van der Waals surface area contributed by atoms with E-state index in [0.29, 0.717) is 23.5 Å². The summed E-state index contributed by atoms with van der Waals surface area (Å²) in [5, 5.41) is 0. The van der Waals surface area contributed by atoms with E-state index in [0.717, 1.165) is 6.42 Å². The van der Waals surface area contributed by atoms with Gasteiger partial charge in [0.25, 0.3) is 5.91 Å². The van der Waals surface area contributed by atoms with Crippen LogP contribution in [0.1, 0.15) is 30.6 Å². The van der Waals surface area contributed by atoms with Crippen molar-refractivity contribution in [3.05, 3.63) is 23.8 Å². The van der Waals surface area contributed by atoms with Crippen molar-refractivity contribution < 1.29 is 19.1 Å². The molecule has 0 heterocycles. The Hall–Kier alpha value is -2.08. The van der Waals surface area contributed by atoms with E-state index in [9.17, 15) is 9.59 Å². The van der Waals surface area contributed by atoms with Crippen LogP contribution in [0.25, 0.3) is 0 Å². The van der Waals surface area contributed by atoms with E-state index >= 15 is 0 Å². The smallest absolute Gasteiger partial charge is 0.340 e. The Morgan fingerprint density at radius 2 is 2.00 bits per heavy atom. The molecular formula is C15H22N2O4. The molecule has 0 aliphatic heterocycles. The zero-order valence-corrected chi connectivity index (χ0v) is 12.7. The lowest BCUT2D eigenvalue weighted by Gasteiger charge is -2.20. The summed E-state index contributed by atoms with van der Waals surface area (Å²) < 4.78 is 10.2. The van der Waals surface area contributed by atoms with Crippen LogP contribution < -0.4 is 10.6 Å². The van der Waals surface area contributed by atoms with Crippen molar-refractivity contribution in [3.8, 4) is 0 Å². The molecule has 21 heavy (non-hydrogen) atoms. The molecule has 0 spiro atoms. The van der Waals surface area contributed by atoms with E-state index in [1.807, 2.05) is 6.92 Å². The number of nitrogen functional groups attached to an aromatic ring is 1. The standard InChI is InChI=1S/C15H22N2O4/c1-4-8-20-10-14(18)17(3)13-9-11(16)6-7-12(13)15(19)21-5-2/h6-7,9H,4-5,8,10,16H2,1-3H3. The molecule has 116 valence electrons. The molecule has 2 N–H and O–H groups in total. The Labute approximate surface area is 124 Å². The summed E-state index contributed by atoms with van der Waals surface area (Å²) in [4.78, 5) is 25.4. The van der Waals surface area contributed by atoms with Crippen LogP contribution >= 0.6 is 0 Å². The lowest BCUT2D eigenvalue weighted by atomic mass is 10.1. The predicted octanol–water partition coefficient (Wildman–Crippen LogP) is 1.83. The van der Waals surface area contributed by atoms with Crippen molar-refractivity contribution in [2.75, 3.05) is 37.5 Å². The normalized spacial score (nSPS) is 10.2. The molecular weight excluding hydrogens is 272 g/mol. The first-order valence-electron chi connectivity index (χ1n) is 6.92. The van der Waals surface area contributed by atoms with Crippen molar-refractivity contribution in [2.45, 2.75) is 20.3 Å². The molecule has 0 radical (unpaired) electrons. The number of likely N-dealkylation sites (N-methyl/N-ethyl adjacent to an activating group) is 1. The Morgan fingerprint density at radius 3 is 2.62 bits per heavy atom. The number of rotatable bonds is 7. The summed E-state index contributed by atoms with van der Waals surface area (Å²) in [6.45, 7) is 4.43. The maximum atomic E-state index is 12.1. The predicted molar refractivity (Wildman–Crippen MR) is 81.3 cm³/mol. The Kier molecular flexibility index (Phi) is 6.68. The maximum Gasteiger partial charge on any atom is 0.340 e. The highest BCUT2D eigenvalue weighted by Gasteiger charge is 2.19. The highest BCUT2D eigenvalue weighted by atomic mass is 16.5. The molecule has 1 aromatic carbocycles. The lowest BCUT2D eigenvalue weighted by Crippen LogP contribution is -2.31. The van der Waals surface area contributed by atoms with Crippen LogP contribution in [0.15, 0.2) is 18.2 Å². The highest BCUT2D eigenvalue weighted by molar-refractivity contribution is 6.03. The first-order chi connectivity index (χ1) is 10.0. The average molecular weight is 294 g/mol. The van der Waals surface area contributed by atoms with Crippen LogP contribution in [0.2, 0.25) is 0 Å². The van der Waals surface area contributed by atoms with Gasteiger partial charge in [0.15, 0.2) is 0 Å². The zero-order valence-electron chi connectivity index (χ0n) is 12.7. The molecule has 0 bridgehead atoms. The topological polar surface area (TPSA) is 81.9 Å². The fourth-order valence-corrected chi connectivity index (χ4v) is 1.74. The monoisotopic (exact) mass is 294 g/mol. The van der Waals surface area contributed by atoms with Gasteiger partial charge >= 0.3 is 5.97 Å². The van der Waals surface area contributed by atoms with Crippen LogP contribution in [-0.2, 0) is 14.3 Å². The van der Waals surface area contributed by atoms with Crippen LogP contribution in [0.3, 0.4) is 0 Å². The van der Waals surface area contributed by atoms with Gasteiger partial charge in [-0.05, 0) is 31.5 Å². The SMILES string of the molecule is CCCOCC(=O)N(C)c1cc(N)ccc1C(=O)OCC. The number of carbonyl (C=O) groups excluding carboxylic acids is 2. The molecule has 0 fully saturated rings. The average Bonchev–Trinajstić information content (AvgIpc) is 2.46. The van der Waals surface area contributed by atoms with Gasteiger partial charge in [-0.1, -0.05) is 6.92 Å². The number of nitrogens with zero attached hydrogens (tertiary/aromatic N) is 1. The van der Waals surface area contributed by atoms with Gasteiger partial charge in [-0.25, -0.2) is 4.79 Å². The van der Waals surface area contributed by atoms with Crippen molar-refractivity contribution >= 4 is 23.3 Å². The second kappa shape index (κ2) is 8.26. The quantitative estimate of drug-likeness (QED) is 0.471. The van der Waals surface area contributed by atoms with Gasteiger partial charge in [0.2, 0.25) is 0 Å². The Bertz CT molecular complexity index is 502. The lowest BCUT2D eigenvalue weighted by molar-refractivity contribution is -0.122. The number of hydrogen-bond acceptors (Lipinski definition) is 5. The second-order valence-electron chi connectivity index (χ2n) is 4.50. The zero-order chi connectivity index (χ0) is 15.8. The summed E-state index contributed by atoms with van der Waals surface area (Å²) in [5.74, 6) is -0.735. The fourth-order valence-electron chi connectivity index (χ4n) is 1.74. The first kappa shape index (κ1) is 17.0. The van der Waals surface area contributed by atoms with Crippen molar-refractivity contribution in [3.63, 3.8) is 0 Å². The van der Waals surface area contributed by atoms with Gasteiger partial charge < -0.3 is 20.1 Å². The van der Waals surface area contributed by atoms with Crippen molar-refractivity contribution in [2.24, 2.45) is 0 Å². The van der Waals surface area contributed by atoms with E-state index in [1.165, 1.54) is 4.90 Å². The Morgan fingerprint density at radius 1 is 1.29 bits per heavy atom. The molecule has 0 aromatic heterocycles. The summed E-state index contributed by atoms with van der Waals surface area (Å²) in [5.41, 5.74) is 6.92. The van der Waals surface area contributed by atoms with Gasteiger partial charge in [0, 0.05) is 19.3 Å². The number of anilines is 2.